The van der Waals surface area contributed by atoms with E-state index in [9.17, 15) is 0 Å². The number of hydrogen-bond acceptors (Lipinski definition) is 1. The first-order valence-corrected chi connectivity index (χ1v) is 6.94. The molecule has 1 aliphatic heterocycles. The van der Waals surface area contributed by atoms with Gasteiger partial charge in [0.1, 0.15) is 0 Å². The zero-order valence-electron chi connectivity index (χ0n) is 11.1. The Morgan fingerprint density at radius 2 is 1.40 bits per heavy atom. The summed E-state index contributed by atoms with van der Waals surface area (Å²) in [6.45, 7) is 0. The smallest absolute Gasteiger partial charge is 0.0426 e. The Morgan fingerprint density at radius 1 is 0.650 bits per heavy atom. The van der Waals surface area contributed by atoms with Crippen molar-refractivity contribution in [3.05, 3.63) is 83.9 Å². The van der Waals surface area contributed by atoms with Crippen LogP contribution in [0.1, 0.15) is 11.1 Å². The number of rotatable bonds is 1. The van der Waals surface area contributed by atoms with Crippen molar-refractivity contribution in [1.29, 1.82) is 0 Å². The van der Waals surface area contributed by atoms with E-state index in [1.54, 1.807) is 0 Å². The third-order valence-corrected chi connectivity index (χ3v) is 3.91. The van der Waals surface area contributed by atoms with Crippen molar-refractivity contribution in [3.63, 3.8) is 0 Å². The summed E-state index contributed by atoms with van der Waals surface area (Å²) in [7, 11) is 0. The first-order valence-electron chi connectivity index (χ1n) is 6.94. The van der Waals surface area contributed by atoms with Crippen LogP contribution in [0.4, 0.5) is 11.4 Å². The van der Waals surface area contributed by atoms with Gasteiger partial charge in [-0.3, -0.25) is 0 Å². The molecule has 1 aliphatic rings. The van der Waals surface area contributed by atoms with Crippen molar-refractivity contribution >= 4 is 11.4 Å². The molecule has 1 N–H and O–H groups in total. The molecule has 0 unspecified atom stereocenters. The molecule has 3 aromatic carbocycles. The maximum atomic E-state index is 3.55. The molecule has 96 valence electrons. The first kappa shape index (κ1) is 11.3. The Bertz CT molecular complexity index is 760. The van der Waals surface area contributed by atoms with Crippen LogP contribution in [-0.2, 0) is 6.42 Å². The molecule has 20 heavy (non-hydrogen) atoms. The van der Waals surface area contributed by atoms with E-state index in [0.717, 1.165) is 6.42 Å². The molecule has 0 aromatic heterocycles. The van der Waals surface area contributed by atoms with Gasteiger partial charge in [0.2, 0.25) is 0 Å². The number of nitrogens with one attached hydrogen (secondary N) is 1. The van der Waals surface area contributed by atoms with Gasteiger partial charge in [0, 0.05) is 17.8 Å². The minimum absolute atomic E-state index is 0.990. The van der Waals surface area contributed by atoms with Gasteiger partial charge in [-0.15, -0.1) is 0 Å². The van der Waals surface area contributed by atoms with E-state index in [0.29, 0.717) is 0 Å². The molecule has 0 atom stereocenters. The topological polar surface area (TPSA) is 12.0 Å². The van der Waals surface area contributed by atoms with Crippen LogP contribution >= 0.6 is 0 Å². The minimum atomic E-state index is 0.990. The molecule has 1 heteroatoms. The zero-order chi connectivity index (χ0) is 13.4. The average molecular weight is 257 g/mol. The molecule has 0 saturated carbocycles. The van der Waals surface area contributed by atoms with Crippen molar-refractivity contribution in [2.24, 2.45) is 0 Å². The molecule has 1 nitrogen and oxygen atoms in total. The van der Waals surface area contributed by atoms with E-state index in [-0.39, 0.29) is 0 Å². The zero-order valence-corrected chi connectivity index (χ0v) is 11.1. The summed E-state index contributed by atoms with van der Waals surface area (Å²) in [6, 6.07) is 25.6. The Kier molecular flexibility index (Phi) is 2.56. The minimum Gasteiger partial charge on any atom is -0.355 e. The van der Waals surface area contributed by atoms with Crippen molar-refractivity contribution in [2.45, 2.75) is 6.42 Å². The molecular weight excluding hydrogens is 242 g/mol. The van der Waals surface area contributed by atoms with E-state index >= 15 is 0 Å². The molecule has 0 fully saturated rings. The lowest BCUT2D eigenvalue weighted by atomic mass is 9.90. The van der Waals surface area contributed by atoms with E-state index in [4.69, 9.17) is 0 Å². The number of anilines is 2. The molecule has 4 rings (SSSR count). The maximum absolute atomic E-state index is 3.55. The molecule has 0 aliphatic carbocycles. The van der Waals surface area contributed by atoms with Crippen molar-refractivity contribution < 1.29 is 0 Å². The van der Waals surface area contributed by atoms with E-state index in [2.05, 4.69) is 78.1 Å². The van der Waals surface area contributed by atoms with Crippen LogP contribution in [0.25, 0.3) is 11.1 Å². The second-order valence-electron chi connectivity index (χ2n) is 5.16. The largest absolute Gasteiger partial charge is 0.355 e. The summed E-state index contributed by atoms with van der Waals surface area (Å²) in [5.74, 6) is 0. The van der Waals surface area contributed by atoms with Gasteiger partial charge >= 0.3 is 0 Å². The molecule has 0 bridgehead atoms. The molecule has 0 saturated heterocycles. The number of para-hydroxylation sites is 1. The highest BCUT2D eigenvalue weighted by Gasteiger charge is 2.17. The third kappa shape index (κ3) is 1.79. The van der Waals surface area contributed by atoms with Crippen LogP contribution in [0.5, 0.6) is 0 Å². The Labute approximate surface area is 118 Å². The number of benzene rings is 3. The first-order chi connectivity index (χ1) is 9.92. The van der Waals surface area contributed by atoms with Gasteiger partial charge in [-0.25, -0.2) is 0 Å². The highest BCUT2D eigenvalue weighted by molar-refractivity contribution is 5.80. The van der Waals surface area contributed by atoms with E-state index in [1.807, 2.05) is 0 Å². The van der Waals surface area contributed by atoms with Crippen LogP contribution in [-0.4, -0.2) is 0 Å². The predicted molar refractivity (Wildman–Crippen MR) is 84.4 cm³/mol. The molecule has 0 amide bonds. The normalized spacial score (nSPS) is 12.2. The van der Waals surface area contributed by atoms with Gasteiger partial charge < -0.3 is 5.32 Å². The molecular formula is C19H15N. The van der Waals surface area contributed by atoms with Gasteiger partial charge in [0.05, 0.1) is 0 Å². The fraction of sp³-hybridized carbons (Fsp3) is 0.0526. The highest BCUT2D eigenvalue weighted by atomic mass is 14.9. The fourth-order valence-corrected chi connectivity index (χ4v) is 2.91. The van der Waals surface area contributed by atoms with Crippen LogP contribution in [0.15, 0.2) is 72.8 Å². The van der Waals surface area contributed by atoms with Crippen molar-refractivity contribution in [2.75, 3.05) is 5.32 Å². The van der Waals surface area contributed by atoms with E-state index < -0.39 is 0 Å². The second-order valence-corrected chi connectivity index (χ2v) is 5.16. The second kappa shape index (κ2) is 4.53. The summed E-state index contributed by atoms with van der Waals surface area (Å²) >= 11 is 0. The van der Waals surface area contributed by atoms with E-state index in [1.165, 1.54) is 33.6 Å². The summed E-state index contributed by atoms with van der Waals surface area (Å²) in [6.07, 6.45) is 0.990. The van der Waals surface area contributed by atoms with Gasteiger partial charge in [-0.05, 0) is 34.4 Å². The van der Waals surface area contributed by atoms with Crippen molar-refractivity contribution in [1.82, 2.24) is 0 Å². The quantitative estimate of drug-likeness (QED) is 0.506. The summed E-state index contributed by atoms with van der Waals surface area (Å²) in [5.41, 5.74) is 7.81. The summed E-state index contributed by atoms with van der Waals surface area (Å²) in [4.78, 5) is 0. The fourth-order valence-electron chi connectivity index (χ4n) is 2.91. The standard InChI is InChI=1S/C19H15N/c1-2-7-14(8-3-1)16-10-6-12-19-17(16)13-15-9-4-5-11-18(15)20-19/h1-12,20H,13H2. The average Bonchev–Trinajstić information content (AvgIpc) is 2.53. The van der Waals surface area contributed by atoms with Crippen LogP contribution in [0.2, 0.25) is 0 Å². The lowest BCUT2D eigenvalue weighted by Gasteiger charge is -2.23. The van der Waals surface area contributed by atoms with Crippen LogP contribution in [0.3, 0.4) is 0 Å². The lowest BCUT2D eigenvalue weighted by molar-refractivity contribution is 1.16. The number of fused-ring (bicyclic) bond motifs is 2. The Balaban J connectivity index is 1.87. The number of hydrogen-bond donors (Lipinski definition) is 1. The molecule has 0 radical (unpaired) electrons. The maximum Gasteiger partial charge on any atom is 0.0426 e. The van der Waals surface area contributed by atoms with Crippen LogP contribution in [0, 0.1) is 0 Å². The Morgan fingerprint density at radius 3 is 2.30 bits per heavy atom. The Hall–Kier alpha value is -2.54. The summed E-state index contributed by atoms with van der Waals surface area (Å²) in [5, 5.41) is 3.55. The van der Waals surface area contributed by atoms with Crippen LogP contribution < -0.4 is 5.32 Å². The predicted octanol–water partition coefficient (Wildman–Crippen LogP) is 5.00. The van der Waals surface area contributed by atoms with Gasteiger partial charge in [-0.1, -0.05) is 60.7 Å². The highest BCUT2D eigenvalue weighted by Crippen LogP contribution is 2.38. The SMILES string of the molecule is c1ccc(-c2cccc3c2Cc2ccccc2N3)cc1. The van der Waals surface area contributed by atoms with Crippen molar-refractivity contribution in [3.8, 4) is 11.1 Å². The molecule has 3 aromatic rings. The third-order valence-electron chi connectivity index (χ3n) is 3.91. The molecule has 0 spiro atoms. The van der Waals surface area contributed by atoms with Gasteiger partial charge in [-0.2, -0.15) is 0 Å². The van der Waals surface area contributed by atoms with Gasteiger partial charge in [0.15, 0.2) is 0 Å². The summed E-state index contributed by atoms with van der Waals surface area (Å²) < 4.78 is 0. The van der Waals surface area contributed by atoms with Gasteiger partial charge in [0.25, 0.3) is 0 Å². The molecule has 1 heterocycles. The lowest BCUT2D eigenvalue weighted by Crippen LogP contribution is -2.07. The monoisotopic (exact) mass is 257 g/mol.